The quantitative estimate of drug-likeness (QED) is 0.685. The molecule has 0 bridgehead atoms. The standard InChI is InChI=1S/C11H21N3O/c1-2-12-8-11(15)13-9-5-7-14-6-3-4-10(9)14/h9-10,12H,2-8H2,1H3,(H,13,15). The van der Waals surface area contributed by atoms with Crippen molar-refractivity contribution in [2.24, 2.45) is 0 Å². The zero-order chi connectivity index (χ0) is 10.7. The van der Waals surface area contributed by atoms with Crippen LogP contribution in [0.15, 0.2) is 0 Å². The van der Waals surface area contributed by atoms with Crippen molar-refractivity contribution in [1.29, 1.82) is 0 Å². The molecule has 0 aromatic heterocycles. The SMILES string of the molecule is CCNCC(=O)NC1CCN2CCCC12. The van der Waals surface area contributed by atoms with E-state index in [9.17, 15) is 4.79 Å². The molecule has 4 heteroatoms. The van der Waals surface area contributed by atoms with Gasteiger partial charge in [0.1, 0.15) is 0 Å². The minimum Gasteiger partial charge on any atom is -0.351 e. The smallest absolute Gasteiger partial charge is 0.234 e. The van der Waals surface area contributed by atoms with Crippen LogP contribution in [0.5, 0.6) is 0 Å². The number of fused-ring (bicyclic) bond motifs is 1. The van der Waals surface area contributed by atoms with Gasteiger partial charge in [-0.15, -0.1) is 0 Å². The van der Waals surface area contributed by atoms with E-state index < -0.39 is 0 Å². The lowest BCUT2D eigenvalue weighted by atomic mass is 10.1. The molecule has 2 rings (SSSR count). The van der Waals surface area contributed by atoms with E-state index >= 15 is 0 Å². The molecule has 0 radical (unpaired) electrons. The van der Waals surface area contributed by atoms with Crippen LogP contribution in [0, 0.1) is 0 Å². The topological polar surface area (TPSA) is 44.4 Å². The lowest BCUT2D eigenvalue weighted by Crippen LogP contribution is -2.45. The maximum atomic E-state index is 11.6. The first kappa shape index (κ1) is 10.9. The van der Waals surface area contributed by atoms with Gasteiger partial charge in [0.25, 0.3) is 0 Å². The normalized spacial score (nSPS) is 30.5. The molecule has 2 aliphatic heterocycles. The molecular formula is C11H21N3O. The minimum absolute atomic E-state index is 0.149. The van der Waals surface area contributed by atoms with Crippen LogP contribution < -0.4 is 10.6 Å². The van der Waals surface area contributed by atoms with Crippen LogP contribution in [0.25, 0.3) is 0 Å². The number of amides is 1. The average Bonchev–Trinajstić information content (AvgIpc) is 2.80. The molecule has 0 aliphatic carbocycles. The molecule has 2 fully saturated rings. The zero-order valence-corrected chi connectivity index (χ0v) is 9.46. The zero-order valence-electron chi connectivity index (χ0n) is 9.46. The van der Waals surface area contributed by atoms with Gasteiger partial charge in [-0.25, -0.2) is 0 Å². The van der Waals surface area contributed by atoms with Crippen molar-refractivity contribution in [1.82, 2.24) is 15.5 Å². The predicted molar refractivity (Wildman–Crippen MR) is 59.7 cm³/mol. The molecule has 86 valence electrons. The summed E-state index contributed by atoms with van der Waals surface area (Å²) in [7, 11) is 0. The number of carbonyl (C=O) groups is 1. The Hall–Kier alpha value is -0.610. The molecule has 0 saturated carbocycles. The van der Waals surface area contributed by atoms with Crippen molar-refractivity contribution >= 4 is 5.91 Å². The lowest BCUT2D eigenvalue weighted by Gasteiger charge is -2.21. The second kappa shape index (κ2) is 4.94. The van der Waals surface area contributed by atoms with E-state index in [2.05, 4.69) is 15.5 Å². The third-order valence-corrected chi connectivity index (χ3v) is 3.49. The first-order valence-electron chi connectivity index (χ1n) is 6.05. The number of rotatable bonds is 4. The summed E-state index contributed by atoms with van der Waals surface area (Å²) in [5, 5.41) is 6.20. The summed E-state index contributed by atoms with van der Waals surface area (Å²) in [6.07, 6.45) is 3.68. The monoisotopic (exact) mass is 211 g/mol. The fourth-order valence-electron chi connectivity index (χ4n) is 2.75. The Kier molecular flexibility index (Phi) is 3.59. The summed E-state index contributed by atoms with van der Waals surface area (Å²) in [4.78, 5) is 14.1. The van der Waals surface area contributed by atoms with Crippen molar-refractivity contribution in [3.05, 3.63) is 0 Å². The highest BCUT2D eigenvalue weighted by molar-refractivity contribution is 5.78. The van der Waals surface area contributed by atoms with Crippen LogP contribution >= 0.6 is 0 Å². The molecular weight excluding hydrogens is 190 g/mol. The van der Waals surface area contributed by atoms with Crippen LogP contribution in [0.4, 0.5) is 0 Å². The van der Waals surface area contributed by atoms with Crippen LogP contribution in [0.2, 0.25) is 0 Å². The van der Waals surface area contributed by atoms with Gasteiger partial charge < -0.3 is 10.6 Å². The molecule has 2 atom stereocenters. The van der Waals surface area contributed by atoms with Gasteiger partial charge >= 0.3 is 0 Å². The number of hydrogen-bond acceptors (Lipinski definition) is 3. The average molecular weight is 211 g/mol. The summed E-state index contributed by atoms with van der Waals surface area (Å²) in [6.45, 7) is 5.72. The minimum atomic E-state index is 0.149. The number of hydrogen-bond donors (Lipinski definition) is 2. The predicted octanol–water partition coefficient (Wildman–Crippen LogP) is -0.0512. The van der Waals surface area contributed by atoms with E-state index in [1.54, 1.807) is 0 Å². The van der Waals surface area contributed by atoms with Crippen molar-refractivity contribution in [3.63, 3.8) is 0 Å². The highest BCUT2D eigenvalue weighted by Gasteiger charge is 2.37. The molecule has 1 amide bonds. The number of likely N-dealkylation sites (N-methyl/N-ethyl adjacent to an activating group) is 1. The first-order valence-corrected chi connectivity index (χ1v) is 6.05. The van der Waals surface area contributed by atoms with E-state index in [-0.39, 0.29) is 5.91 Å². The van der Waals surface area contributed by atoms with Crippen LogP contribution in [0.3, 0.4) is 0 Å². The molecule has 0 aromatic rings. The fourth-order valence-corrected chi connectivity index (χ4v) is 2.75. The summed E-state index contributed by atoms with van der Waals surface area (Å²) in [5.74, 6) is 0.149. The van der Waals surface area contributed by atoms with Gasteiger partial charge in [0, 0.05) is 18.6 Å². The van der Waals surface area contributed by atoms with E-state index in [0.29, 0.717) is 18.6 Å². The van der Waals surface area contributed by atoms with Crippen molar-refractivity contribution in [2.45, 2.75) is 38.3 Å². The maximum absolute atomic E-state index is 11.6. The first-order chi connectivity index (χ1) is 7.31. The molecule has 4 nitrogen and oxygen atoms in total. The molecule has 2 unspecified atom stereocenters. The Balaban J connectivity index is 1.77. The lowest BCUT2D eigenvalue weighted by molar-refractivity contribution is -0.121. The van der Waals surface area contributed by atoms with Crippen LogP contribution in [0.1, 0.15) is 26.2 Å². The van der Waals surface area contributed by atoms with Gasteiger partial charge in [-0.05, 0) is 32.4 Å². The third kappa shape index (κ3) is 2.49. The number of nitrogens with zero attached hydrogens (tertiary/aromatic N) is 1. The summed E-state index contributed by atoms with van der Waals surface area (Å²) < 4.78 is 0. The molecule has 0 aromatic carbocycles. The van der Waals surface area contributed by atoms with Gasteiger partial charge in [0.2, 0.25) is 5.91 Å². The Morgan fingerprint density at radius 2 is 2.27 bits per heavy atom. The Labute approximate surface area is 91.4 Å². The van der Waals surface area contributed by atoms with Gasteiger partial charge in [-0.3, -0.25) is 9.69 Å². The fraction of sp³-hybridized carbons (Fsp3) is 0.909. The maximum Gasteiger partial charge on any atom is 0.234 e. The van der Waals surface area contributed by atoms with E-state index in [4.69, 9.17) is 0 Å². The van der Waals surface area contributed by atoms with Crippen molar-refractivity contribution in [2.75, 3.05) is 26.2 Å². The van der Waals surface area contributed by atoms with Crippen molar-refractivity contribution < 1.29 is 4.79 Å². The van der Waals surface area contributed by atoms with Gasteiger partial charge in [-0.2, -0.15) is 0 Å². The van der Waals surface area contributed by atoms with E-state index in [1.807, 2.05) is 6.92 Å². The molecule has 2 N–H and O–H groups in total. The van der Waals surface area contributed by atoms with Crippen LogP contribution in [-0.2, 0) is 4.79 Å². The second-order valence-corrected chi connectivity index (χ2v) is 4.49. The number of carbonyl (C=O) groups excluding carboxylic acids is 1. The second-order valence-electron chi connectivity index (χ2n) is 4.49. The number of nitrogens with one attached hydrogen (secondary N) is 2. The molecule has 0 spiro atoms. The Morgan fingerprint density at radius 3 is 3.07 bits per heavy atom. The molecule has 15 heavy (non-hydrogen) atoms. The molecule has 2 heterocycles. The highest BCUT2D eigenvalue weighted by Crippen LogP contribution is 2.27. The largest absolute Gasteiger partial charge is 0.351 e. The molecule has 2 saturated heterocycles. The summed E-state index contributed by atoms with van der Waals surface area (Å²) >= 11 is 0. The highest BCUT2D eigenvalue weighted by atomic mass is 16.2. The van der Waals surface area contributed by atoms with Gasteiger partial charge in [0.05, 0.1) is 6.54 Å². The van der Waals surface area contributed by atoms with Gasteiger partial charge in [-0.1, -0.05) is 6.92 Å². The van der Waals surface area contributed by atoms with E-state index in [0.717, 1.165) is 19.5 Å². The van der Waals surface area contributed by atoms with Gasteiger partial charge in [0.15, 0.2) is 0 Å². The Morgan fingerprint density at radius 1 is 1.40 bits per heavy atom. The third-order valence-electron chi connectivity index (χ3n) is 3.49. The Bertz CT molecular complexity index is 232. The van der Waals surface area contributed by atoms with Crippen LogP contribution in [-0.4, -0.2) is 49.1 Å². The summed E-state index contributed by atoms with van der Waals surface area (Å²) in [5.41, 5.74) is 0. The summed E-state index contributed by atoms with van der Waals surface area (Å²) in [6, 6.07) is 1.02. The molecule has 2 aliphatic rings. The van der Waals surface area contributed by atoms with E-state index in [1.165, 1.54) is 19.4 Å². The van der Waals surface area contributed by atoms with Crippen molar-refractivity contribution in [3.8, 4) is 0 Å².